The lowest BCUT2D eigenvalue weighted by Crippen LogP contribution is -2.32. The lowest BCUT2D eigenvalue weighted by atomic mass is 10.1. The van der Waals surface area contributed by atoms with E-state index in [2.05, 4.69) is 29.5 Å². The number of hydrogen-bond donors (Lipinski definition) is 2. The molecule has 1 aromatic rings. The third kappa shape index (κ3) is 7.18. The Morgan fingerprint density at radius 1 is 1.16 bits per heavy atom. The number of nitrogens with one attached hydrogen (secondary N) is 2. The van der Waals surface area contributed by atoms with Gasteiger partial charge in [0, 0.05) is 25.5 Å². The molecule has 104 valence electrons. The van der Waals surface area contributed by atoms with Gasteiger partial charge in [-0.1, -0.05) is 13.8 Å². The molecule has 2 amide bonds. The van der Waals surface area contributed by atoms with Gasteiger partial charge >= 0.3 is 0 Å². The molecule has 2 N–H and O–H groups in total. The average Bonchev–Trinajstić information content (AvgIpc) is 2.37. The predicted octanol–water partition coefficient (Wildman–Crippen LogP) is 1.25. The molecule has 0 aliphatic rings. The van der Waals surface area contributed by atoms with E-state index in [1.54, 1.807) is 12.4 Å². The van der Waals surface area contributed by atoms with Crippen molar-refractivity contribution in [1.82, 2.24) is 15.6 Å². The summed E-state index contributed by atoms with van der Waals surface area (Å²) in [6.45, 7) is 5.22. The molecule has 0 aliphatic heterocycles. The topological polar surface area (TPSA) is 71.1 Å². The van der Waals surface area contributed by atoms with Crippen molar-refractivity contribution in [3.8, 4) is 0 Å². The second kappa shape index (κ2) is 8.24. The number of hydrogen-bond acceptors (Lipinski definition) is 3. The maximum atomic E-state index is 11.5. The van der Waals surface area contributed by atoms with E-state index in [0.717, 1.165) is 12.0 Å². The number of aromatic nitrogens is 1. The highest BCUT2D eigenvalue weighted by Crippen LogP contribution is 1.97. The van der Waals surface area contributed by atoms with Crippen molar-refractivity contribution in [1.29, 1.82) is 0 Å². The zero-order valence-corrected chi connectivity index (χ0v) is 11.5. The molecule has 0 spiro atoms. The Hall–Kier alpha value is -1.91. The third-order valence-electron chi connectivity index (χ3n) is 2.60. The van der Waals surface area contributed by atoms with Crippen LogP contribution in [0.15, 0.2) is 24.5 Å². The molecule has 0 unspecified atom stereocenters. The SMILES string of the molecule is CC(C)CCNC(=O)CC(=O)NCc1ccncc1. The molecule has 1 aromatic heterocycles. The van der Waals surface area contributed by atoms with Crippen LogP contribution >= 0.6 is 0 Å². The number of amides is 2. The van der Waals surface area contributed by atoms with Gasteiger partial charge < -0.3 is 10.6 Å². The maximum absolute atomic E-state index is 11.5. The largest absolute Gasteiger partial charge is 0.356 e. The molecule has 0 radical (unpaired) electrons. The van der Waals surface area contributed by atoms with E-state index in [9.17, 15) is 9.59 Å². The first-order valence-electron chi connectivity index (χ1n) is 6.50. The summed E-state index contributed by atoms with van der Waals surface area (Å²) in [5.74, 6) is 0.0487. The first-order chi connectivity index (χ1) is 9.08. The van der Waals surface area contributed by atoms with E-state index in [4.69, 9.17) is 0 Å². The molecule has 19 heavy (non-hydrogen) atoms. The fourth-order valence-electron chi connectivity index (χ4n) is 1.47. The fraction of sp³-hybridized carbons (Fsp3) is 0.500. The Labute approximate surface area is 113 Å². The predicted molar refractivity (Wildman–Crippen MR) is 73.2 cm³/mol. The van der Waals surface area contributed by atoms with Crippen molar-refractivity contribution >= 4 is 11.8 Å². The number of carbonyl (C=O) groups is 2. The summed E-state index contributed by atoms with van der Waals surface area (Å²) in [6.07, 6.45) is 4.13. The van der Waals surface area contributed by atoms with Gasteiger partial charge in [0.15, 0.2) is 0 Å². The van der Waals surface area contributed by atoms with Crippen molar-refractivity contribution in [2.75, 3.05) is 6.54 Å². The minimum atomic E-state index is -0.265. The zero-order chi connectivity index (χ0) is 14.1. The summed E-state index contributed by atoms with van der Waals surface area (Å²) in [4.78, 5) is 26.9. The van der Waals surface area contributed by atoms with E-state index in [1.807, 2.05) is 12.1 Å². The highest BCUT2D eigenvalue weighted by atomic mass is 16.2. The molecule has 1 heterocycles. The molecule has 5 nitrogen and oxygen atoms in total. The number of pyridine rings is 1. The van der Waals surface area contributed by atoms with E-state index < -0.39 is 0 Å². The number of nitrogens with zero attached hydrogens (tertiary/aromatic N) is 1. The van der Waals surface area contributed by atoms with Gasteiger partial charge in [0.05, 0.1) is 0 Å². The summed E-state index contributed by atoms with van der Waals surface area (Å²) >= 11 is 0. The average molecular weight is 263 g/mol. The van der Waals surface area contributed by atoms with E-state index >= 15 is 0 Å². The van der Waals surface area contributed by atoms with Gasteiger partial charge in [-0.3, -0.25) is 14.6 Å². The van der Waals surface area contributed by atoms with Crippen LogP contribution in [0.5, 0.6) is 0 Å². The second-order valence-corrected chi connectivity index (χ2v) is 4.84. The molecule has 1 rings (SSSR count). The lowest BCUT2D eigenvalue weighted by molar-refractivity contribution is -0.129. The van der Waals surface area contributed by atoms with Gasteiger partial charge in [-0.25, -0.2) is 0 Å². The van der Waals surface area contributed by atoms with Crippen molar-refractivity contribution in [3.05, 3.63) is 30.1 Å². The van der Waals surface area contributed by atoms with Crippen LogP contribution in [0.2, 0.25) is 0 Å². The van der Waals surface area contributed by atoms with Crippen LogP contribution in [0.25, 0.3) is 0 Å². The third-order valence-corrected chi connectivity index (χ3v) is 2.60. The molecule has 5 heteroatoms. The molecular weight excluding hydrogens is 242 g/mol. The molecule has 0 bridgehead atoms. The molecule has 0 saturated heterocycles. The quantitative estimate of drug-likeness (QED) is 0.727. The van der Waals surface area contributed by atoms with Gasteiger partial charge in [0.2, 0.25) is 11.8 Å². The van der Waals surface area contributed by atoms with Crippen LogP contribution in [0, 0.1) is 5.92 Å². The van der Waals surface area contributed by atoms with Crippen LogP contribution in [0.1, 0.15) is 32.3 Å². The molecule has 0 aliphatic carbocycles. The van der Waals surface area contributed by atoms with E-state index in [0.29, 0.717) is 19.0 Å². The van der Waals surface area contributed by atoms with E-state index in [-0.39, 0.29) is 18.2 Å². The Balaban J connectivity index is 2.18. The van der Waals surface area contributed by atoms with Crippen molar-refractivity contribution in [3.63, 3.8) is 0 Å². The van der Waals surface area contributed by atoms with Gasteiger partial charge in [0.25, 0.3) is 0 Å². The monoisotopic (exact) mass is 263 g/mol. The zero-order valence-electron chi connectivity index (χ0n) is 11.5. The smallest absolute Gasteiger partial charge is 0.229 e. The van der Waals surface area contributed by atoms with Crippen LogP contribution in [0.3, 0.4) is 0 Å². The first-order valence-corrected chi connectivity index (χ1v) is 6.50. The van der Waals surface area contributed by atoms with Crippen molar-refractivity contribution in [2.24, 2.45) is 5.92 Å². The maximum Gasteiger partial charge on any atom is 0.229 e. The summed E-state index contributed by atoms with van der Waals surface area (Å²) in [5, 5.41) is 5.43. The Morgan fingerprint density at radius 2 is 1.79 bits per heavy atom. The molecular formula is C14H21N3O2. The Bertz CT molecular complexity index is 404. The Morgan fingerprint density at radius 3 is 2.42 bits per heavy atom. The molecule has 0 aromatic carbocycles. The van der Waals surface area contributed by atoms with Crippen LogP contribution < -0.4 is 10.6 Å². The molecule has 0 fully saturated rings. The van der Waals surface area contributed by atoms with Gasteiger partial charge in [-0.2, -0.15) is 0 Å². The van der Waals surface area contributed by atoms with E-state index in [1.165, 1.54) is 0 Å². The number of carbonyl (C=O) groups excluding carboxylic acids is 2. The highest BCUT2D eigenvalue weighted by Gasteiger charge is 2.08. The standard InChI is InChI=1S/C14H21N3O2/c1-11(2)3-8-16-13(18)9-14(19)17-10-12-4-6-15-7-5-12/h4-7,11H,3,8-10H2,1-2H3,(H,16,18)(H,17,19). The summed E-state index contributed by atoms with van der Waals surface area (Å²) < 4.78 is 0. The van der Waals surface area contributed by atoms with Crippen LogP contribution in [-0.2, 0) is 16.1 Å². The molecule has 0 atom stereocenters. The number of rotatable bonds is 7. The lowest BCUT2D eigenvalue weighted by Gasteiger charge is -2.08. The van der Waals surface area contributed by atoms with Gasteiger partial charge in [-0.05, 0) is 30.0 Å². The van der Waals surface area contributed by atoms with Crippen molar-refractivity contribution < 1.29 is 9.59 Å². The van der Waals surface area contributed by atoms with Crippen LogP contribution in [0.4, 0.5) is 0 Å². The minimum Gasteiger partial charge on any atom is -0.356 e. The summed E-state index contributed by atoms with van der Waals surface area (Å²) in [7, 11) is 0. The van der Waals surface area contributed by atoms with Gasteiger partial charge in [-0.15, -0.1) is 0 Å². The summed E-state index contributed by atoms with van der Waals surface area (Å²) in [5.41, 5.74) is 0.962. The van der Waals surface area contributed by atoms with Crippen molar-refractivity contribution in [2.45, 2.75) is 33.2 Å². The Kier molecular flexibility index (Phi) is 6.57. The highest BCUT2D eigenvalue weighted by molar-refractivity contribution is 5.96. The molecule has 0 saturated carbocycles. The first kappa shape index (κ1) is 15.1. The normalized spacial score (nSPS) is 10.3. The fourth-order valence-corrected chi connectivity index (χ4v) is 1.47. The minimum absolute atomic E-state index is 0.122. The second-order valence-electron chi connectivity index (χ2n) is 4.84. The van der Waals surface area contributed by atoms with Gasteiger partial charge in [0.1, 0.15) is 6.42 Å². The summed E-state index contributed by atoms with van der Waals surface area (Å²) in [6, 6.07) is 3.64. The van der Waals surface area contributed by atoms with Crippen LogP contribution in [-0.4, -0.2) is 23.3 Å².